The van der Waals surface area contributed by atoms with E-state index in [0.717, 1.165) is 0 Å². The molecule has 1 heterocycles. The molecule has 0 bridgehead atoms. The van der Waals surface area contributed by atoms with Crippen molar-refractivity contribution >= 4 is 39.8 Å². The summed E-state index contributed by atoms with van der Waals surface area (Å²) in [5.41, 5.74) is 0. The molecule has 1 aromatic carbocycles. The molecule has 0 spiro atoms. The van der Waals surface area contributed by atoms with Crippen LogP contribution in [0, 0.1) is 5.82 Å². The summed E-state index contributed by atoms with van der Waals surface area (Å²) in [5, 5.41) is 3.20. The van der Waals surface area contributed by atoms with Crippen molar-refractivity contribution in [1.82, 2.24) is 10.2 Å². The second-order valence-corrected chi connectivity index (χ2v) is 9.28. The van der Waals surface area contributed by atoms with Crippen molar-refractivity contribution < 1.29 is 17.5 Å². The van der Waals surface area contributed by atoms with Crippen LogP contribution in [0.5, 0.6) is 5.75 Å². The summed E-state index contributed by atoms with van der Waals surface area (Å²) in [5.74, 6) is 1.10. The number of aliphatic imine (C=N–C) groups is 1. The number of rotatable bonds is 5. The molecular formula is C17H27FIN3O3S. The number of sulfone groups is 1. The first-order chi connectivity index (χ1) is 11.7. The van der Waals surface area contributed by atoms with Crippen LogP contribution in [0.1, 0.15) is 20.8 Å². The summed E-state index contributed by atoms with van der Waals surface area (Å²) < 4.78 is 41.9. The molecular weight excluding hydrogens is 472 g/mol. The van der Waals surface area contributed by atoms with Crippen LogP contribution in [0.3, 0.4) is 0 Å². The molecule has 2 rings (SSSR count). The van der Waals surface area contributed by atoms with Crippen molar-refractivity contribution in [1.29, 1.82) is 0 Å². The van der Waals surface area contributed by atoms with Crippen molar-refractivity contribution in [2.75, 3.05) is 38.5 Å². The summed E-state index contributed by atoms with van der Waals surface area (Å²) in [4.78, 5) is 6.50. The maximum Gasteiger partial charge on any atom is 0.194 e. The molecule has 1 N–H and O–H groups in total. The van der Waals surface area contributed by atoms with E-state index in [0.29, 0.717) is 44.5 Å². The van der Waals surface area contributed by atoms with Crippen LogP contribution in [-0.4, -0.2) is 62.6 Å². The molecule has 1 aliphatic rings. The number of nitrogens with one attached hydrogen (secondary N) is 1. The number of hydrogen-bond donors (Lipinski definition) is 1. The van der Waals surface area contributed by atoms with E-state index in [4.69, 9.17) is 4.74 Å². The normalized spacial score (nSPS) is 18.8. The molecule has 148 valence electrons. The second kappa shape index (κ2) is 9.72. The molecule has 0 aliphatic carbocycles. The maximum atomic E-state index is 12.9. The highest BCUT2D eigenvalue weighted by atomic mass is 127. The topological polar surface area (TPSA) is 71.0 Å². The summed E-state index contributed by atoms with van der Waals surface area (Å²) in [6.45, 7) is 7.76. The van der Waals surface area contributed by atoms with E-state index in [1.807, 2.05) is 11.8 Å². The van der Waals surface area contributed by atoms with Gasteiger partial charge in [0.1, 0.15) is 18.2 Å². The van der Waals surface area contributed by atoms with Gasteiger partial charge in [-0.1, -0.05) is 0 Å². The van der Waals surface area contributed by atoms with Gasteiger partial charge in [-0.2, -0.15) is 0 Å². The molecule has 1 aromatic rings. The Kier molecular flexibility index (Phi) is 8.58. The van der Waals surface area contributed by atoms with E-state index < -0.39 is 14.6 Å². The van der Waals surface area contributed by atoms with Gasteiger partial charge < -0.3 is 15.0 Å². The van der Waals surface area contributed by atoms with Gasteiger partial charge in [-0.3, -0.25) is 0 Å². The monoisotopic (exact) mass is 499 g/mol. The number of hydrogen-bond acceptors (Lipinski definition) is 4. The number of ether oxygens (including phenoxy) is 1. The van der Waals surface area contributed by atoms with Gasteiger partial charge in [-0.15, -0.1) is 24.0 Å². The first-order valence-electron chi connectivity index (χ1n) is 8.39. The SMILES string of the molecule is CCNC(=NCCOc1ccc(F)cc1)N1CCS(=O)(=O)C(C)(C)C1.I. The van der Waals surface area contributed by atoms with Crippen molar-refractivity contribution in [2.45, 2.75) is 25.5 Å². The van der Waals surface area contributed by atoms with E-state index in [-0.39, 0.29) is 35.5 Å². The van der Waals surface area contributed by atoms with E-state index in [1.165, 1.54) is 12.1 Å². The van der Waals surface area contributed by atoms with Crippen molar-refractivity contribution in [3.63, 3.8) is 0 Å². The Morgan fingerprint density at radius 2 is 2.00 bits per heavy atom. The van der Waals surface area contributed by atoms with Gasteiger partial charge in [0.05, 0.1) is 17.0 Å². The van der Waals surface area contributed by atoms with Crippen molar-refractivity contribution in [3.8, 4) is 5.75 Å². The fourth-order valence-corrected chi connectivity index (χ4v) is 3.96. The highest BCUT2D eigenvalue weighted by Crippen LogP contribution is 2.23. The van der Waals surface area contributed by atoms with Crippen LogP contribution >= 0.6 is 24.0 Å². The minimum Gasteiger partial charge on any atom is -0.492 e. The van der Waals surface area contributed by atoms with E-state index in [2.05, 4.69) is 10.3 Å². The predicted octanol–water partition coefficient (Wildman–Crippen LogP) is 2.30. The molecule has 0 saturated carbocycles. The average molecular weight is 499 g/mol. The first-order valence-corrected chi connectivity index (χ1v) is 10.0. The fraction of sp³-hybridized carbons (Fsp3) is 0.588. The third-order valence-corrected chi connectivity index (χ3v) is 6.65. The third kappa shape index (κ3) is 5.97. The minimum atomic E-state index is -3.09. The van der Waals surface area contributed by atoms with Gasteiger partial charge in [0.15, 0.2) is 15.8 Å². The van der Waals surface area contributed by atoms with Gasteiger partial charge in [-0.25, -0.2) is 17.8 Å². The van der Waals surface area contributed by atoms with Crippen LogP contribution in [0.4, 0.5) is 4.39 Å². The molecule has 0 unspecified atom stereocenters. The molecule has 0 atom stereocenters. The summed E-state index contributed by atoms with van der Waals surface area (Å²) in [6, 6.07) is 5.84. The molecule has 1 aliphatic heterocycles. The van der Waals surface area contributed by atoms with Gasteiger partial charge in [0.2, 0.25) is 0 Å². The summed E-state index contributed by atoms with van der Waals surface area (Å²) >= 11 is 0. The fourth-order valence-electron chi connectivity index (χ4n) is 2.60. The van der Waals surface area contributed by atoms with E-state index >= 15 is 0 Å². The Labute approximate surface area is 172 Å². The Morgan fingerprint density at radius 1 is 1.35 bits per heavy atom. The smallest absolute Gasteiger partial charge is 0.194 e. The van der Waals surface area contributed by atoms with Gasteiger partial charge in [0, 0.05) is 19.6 Å². The number of nitrogens with zero attached hydrogens (tertiary/aromatic N) is 2. The zero-order valence-corrected chi connectivity index (χ0v) is 18.5. The molecule has 0 amide bonds. The van der Waals surface area contributed by atoms with E-state index in [9.17, 15) is 12.8 Å². The van der Waals surface area contributed by atoms with Crippen LogP contribution < -0.4 is 10.1 Å². The highest BCUT2D eigenvalue weighted by molar-refractivity contribution is 14.0. The van der Waals surface area contributed by atoms with Crippen LogP contribution in [0.15, 0.2) is 29.3 Å². The quantitative estimate of drug-likeness (QED) is 0.292. The average Bonchev–Trinajstić information content (AvgIpc) is 2.55. The highest BCUT2D eigenvalue weighted by Gasteiger charge is 2.40. The van der Waals surface area contributed by atoms with Crippen molar-refractivity contribution in [2.24, 2.45) is 4.99 Å². The van der Waals surface area contributed by atoms with Gasteiger partial charge in [0.25, 0.3) is 0 Å². The lowest BCUT2D eigenvalue weighted by Crippen LogP contribution is -2.57. The molecule has 1 fully saturated rings. The van der Waals surface area contributed by atoms with Crippen molar-refractivity contribution in [3.05, 3.63) is 30.1 Å². The zero-order valence-electron chi connectivity index (χ0n) is 15.4. The summed E-state index contributed by atoms with van der Waals surface area (Å²) in [6.07, 6.45) is 0. The predicted molar refractivity (Wildman–Crippen MR) is 113 cm³/mol. The Bertz CT molecular complexity index is 708. The first kappa shape index (κ1) is 22.9. The Morgan fingerprint density at radius 3 is 2.58 bits per heavy atom. The number of guanidine groups is 1. The molecule has 6 nitrogen and oxygen atoms in total. The van der Waals surface area contributed by atoms with Gasteiger partial charge >= 0.3 is 0 Å². The molecule has 26 heavy (non-hydrogen) atoms. The van der Waals surface area contributed by atoms with Gasteiger partial charge in [-0.05, 0) is 45.0 Å². The number of benzene rings is 1. The summed E-state index contributed by atoms with van der Waals surface area (Å²) in [7, 11) is -3.09. The van der Waals surface area contributed by atoms with Crippen LogP contribution in [0.25, 0.3) is 0 Å². The minimum absolute atomic E-state index is 0. The van der Waals surface area contributed by atoms with Crippen LogP contribution in [-0.2, 0) is 9.84 Å². The lowest BCUT2D eigenvalue weighted by molar-refractivity contribution is 0.323. The lowest BCUT2D eigenvalue weighted by atomic mass is 10.2. The Hall–Kier alpha value is -1.10. The largest absolute Gasteiger partial charge is 0.492 e. The maximum absolute atomic E-state index is 12.9. The Balaban J connectivity index is 0.00000338. The van der Waals surface area contributed by atoms with E-state index in [1.54, 1.807) is 26.0 Å². The second-order valence-electron chi connectivity index (χ2n) is 6.54. The molecule has 1 saturated heterocycles. The number of halogens is 2. The molecule has 0 aromatic heterocycles. The zero-order chi connectivity index (χ0) is 18.5. The molecule has 9 heteroatoms. The third-order valence-electron chi connectivity index (χ3n) is 4.11. The molecule has 0 radical (unpaired) electrons. The lowest BCUT2D eigenvalue weighted by Gasteiger charge is -2.39. The standard InChI is InChI=1S/C17H26FN3O3S.HI/c1-4-19-16(21-10-12-25(22,23)17(2,3)13-21)20-9-11-24-15-7-5-14(18)6-8-15;/h5-8H,4,9-13H2,1-3H3,(H,19,20);1H. The van der Waals surface area contributed by atoms with Crippen LogP contribution in [0.2, 0.25) is 0 Å².